The molecule has 0 spiro atoms. The summed E-state index contributed by atoms with van der Waals surface area (Å²) in [7, 11) is 2.10. The molecule has 19 heavy (non-hydrogen) atoms. The van der Waals surface area contributed by atoms with Crippen molar-refractivity contribution in [1.82, 2.24) is 15.1 Å². The Labute approximate surface area is 119 Å². The lowest BCUT2D eigenvalue weighted by molar-refractivity contribution is -0.131. The number of amides is 1. The predicted octanol–water partition coefficient (Wildman–Crippen LogP) is 1.23. The third kappa shape index (κ3) is 4.03. The predicted molar refractivity (Wildman–Crippen MR) is 79.6 cm³/mol. The van der Waals surface area contributed by atoms with Gasteiger partial charge in [-0.05, 0) is 32.5 Å². The van der Waals surface area contributed by atoms with Gasteiger partial charge >= 0.3 is 0 Å². The zero-order valence-corrected chi connectivity index (χ0v) is 12.8. The quantitative estimate of drug-likeness (QED) is 0.901. The highest BCUT2D eigenvalue weighted by Crippen LogP contribution is 2.20. The Hall–Kier alpha value is -0.910. The van der Waals surface area contributed by atoms with E-state index in [1.807, 2.05) is 16.2 Å². The molecule has 106 valence electrons. The van der Waals surface area contributed by atoms with Crippen LogP contribution in [-0.4, -0.2) is 55.5 Å². The monoisotopic (exact) mass is 281 g/mol. The lowest BCUT2D eigenvalue weighted by Crippen LogP contribution is -2.49. The van der Waals surface area contributed by atoms with E-state index >= 15 is 0 Å². The van der Waals surface area contributed by atoms with Crippen LogP contribution in [0.1, 0.15) is 15.3 Å². The van der Waals surface area contributed by atoms with Gasteiger partial charge in [-0.3, -0.25) is 4.79 Å². The minimum Gasteiger partial charge on any atom is -0.339 e. The Morgan fingerprint density at radius 1 is 1.32 bits per heavy atom. The van der Waals surface area contributed by atoms with Gasteiger partial charge in [0.1, 0.15) is 0 Å². The Balaban J connectivity index is 1.72. The van der Waals surface area contributed by atoms with Crippen LogP contribution in [0.2, 0.25) is 0 Å². The van der Waals surface area contributed by atoms with Crippen LogP contribution < -0.4 is 5.32 Å². The number of likely N-dealkylation sites (N-methyl/N-ethyl adjacent to an activating group) is 1. The Morgan fingerprint density at radius 3 is 2.58 bits per heavy atom. The SMILES string of the molecule is Cc1cc(CNCC(=O)N2CCN(C)CC2)sc1C. The normalized spacial score (nSPS) is 16.9. The van der Waals surface area contributed by atoms with Crippen molar-refractivity contribution in [2.45, 2.75) is 20.4 Å². The summed E-state index contributed by atoms with van der Waals surface area (Å²) in [5.41, 5.74) is 1.34. The molecule has 0 unspecified atom stereocenters. The molecule has 0 aliphatic carbocycles. The van der Waals surface area contributed by atoms with Crippen LogP contribution in [0.5, 0.6) is 0 Å². The molecule has 0 radical (unpaired) electrons. The highest BCUT2D eigenvalue weighted by molar-refractivity contribution is 7.12. The smallest absolute Gasteiger partial charge is 0.236 e. The molecule has 1 fully saturated rings. The number of carbonyl (C=O) groups is 1. The Kier molecular flexibility index (Phi) is 4.96. The first-order chi connectivity index (χ1) is 9.06. The second kappa shape index (κ2) is 6.50. The fourth-order valence-corrected chi connectivity index (χ4v) is 3.22. The van der Waals surface area contributed by atoms with Gasteiger partial charge in [-0.2, -0.15) is 0 Å². The van der Waals surface area contributed by atoms with Crippen molar-refractivity contribution in [3.63, 3.8) is 0 Å². The molecule has 0 atom stereocenters. The van der Waals surface area contributed by atoms with Crippen LogP contribution in [0.3, 0.4) is 0 Å². The first-order valence-corrected chi connectivity index (χ1v) is 7.61. The summed E-state index contributed by atoms with van der Waals surface area (Å²) in [5.74, 6) is 0.220. The van der Waals surface area contributed by atoms with Crippen LogP contribution in [-0.2, 0) is 11.3 Å². The van der Waals surface area contributed by atoms with E-state index in [4.69, 9.17) is 0 Å². The van der Waals surface area contributed by atoms with Crippen molar-refractivity contribution in [3.05, 3.63) is 21.4 Å². The summed E-state index contributed by atoms with van der Waals surface area (Å²) in [6.45, 7) is 9.18. The second-order valence-electron chi connectivity index (χ2n) is 5.24. The zero-order valence-electron chi connectivity index (χ0n) is 12.0. The van der Waals surface area contributed by atoms with E-state index < -0.39 is 0 Å². The molecule has 0 aromatic carbocycles. The van der Waals surface area contributed by atoms with E-state index in [0.717, 1.165) is 32.7 Å². The first-order valence-electron chi connectivity index (χ1n) is 6.79. The largest absolute Gasteiger partial charge is 0.339 e. The van der Waals surface area contributed by atoms with Crippen LogP contribution in [0.25, 0.3) is 0 Å². The van der Waals surface area contributed by atoms with Crippen molar-refractivity contribution >= 4 is 17.2 Å². The topological polar surface area (TPSA) is 35.6 Å². The summed E-state index contributed by atoms with van der Waals surface area (Å²) in [5, 5.41) is 3.26. The van der Waals surface area contributed by atoms with Gasteiger partial charge in [-0.1, -0.05) is 0 Å². The molecule has 1 aromatic heterocycles. The van der Waals surface area contributed by atoms with Gasteiger partial charge in [0.2, 0.25) is 5.91 Å². The molecule has 4 nitrogen and oxygen atoms in total. The van der Waals surface area contributed by atoms with Crippen LogP contribution in [0, 0.1) is 13.8 Å². The van der Waals surface area contributed by atoms with Gasteiger partial charge in [-0.15, -0.1) is 11.3 Å². The van der Waals surface area contributed by atoms with Crippen molar-refractivity contribution in [2.24, 2.45) is 0 Å². The third-order valence-corrected chi connectivity index (χ3v) is 4.80. The molecular formula is C14H23N3OS. The average Bonchev–Trinajstić information content (AvgIpc) is 2.69. The molecular weight excluding hydrogens is 258 g/mol. The fraction of sp³-hybridized carbons (Fsp3) is 0.643. The van der Waals surface area contributed by atoms with Crippen LogP contribution >= 0.6 is 11.3 Å². The molecule has 0 bridgehead atoms. The van der Waals surface area contributed by atoms with Gasteiger partial charge in [0.15, 0.2) is 0 Å². The van der Waals surface area contributed by atoms with Crippen molar-refractivity contribution in [3.8, 4) is 0 Å². The fourth-order valence-electron chi connectivity index (χ4n) is 2.20. The van der Waals surface area contributed by atoms with E-state index in [1.165, 1.54) is 15.3 Å². The van der Waals surface area contributed by atoms with E-state index in [1.54, 1.807) is 0 Å². The number of hydrogen-bond donors (Lipinski definition) is 1. The standard InChI is InChI=1S/C14H23N3OS/c1-11-8-13(19-12(11)2)9-15-10-14(18)17-6-4-16(3)5-7-17/h8,15H,4-7,9-10H2,1-3H3. The number of thiophene rings is 1. The Morgan fingerprint density at radius 2 is 2.00 bits per heavy atom. The number of carbonyl (C=O) groups excluding carboxylic acids is 1. The number of rotatable bonds is 4. The van der Waals surface area contributed by atoms with Crippen LogP contribution in [0.4, 0.5) is 0 Å². The van der Waals surface area contributed by atoms with Crippen LogP contribution in [0.15, 0.2) is 6.07 Å². The van der Waals surface area contributed by atoms with E-state index in [0.29, 0.717) is 6.54 Å². The summed E-state index contributed by atoms with van der Waals surface area (Å²) in [6.07, 6.45) is 0. The van der Waals surface area contributed by atoms with Crippen molar-refractivity contribution in [1.29, 1.82) is 0 Å². The molecule has 1 amide bonds. The molecule has 5 heteroatoms. The number of piperazine rings is 1. The molecule has 2 rings (SSSR count). The summed E-state index contributed by atoms with van der Waals surface area (Å²) < 4.78 is 0. The minimum atomic E-state index is 0.220. The highest BCUT2D eigenvalue weighted by Gasteiger charge is 2.18. The number of nitrogens with zero attached hydrogens (tertiary/aromatic N) is 2. The van der Waals surface area contributed by atoms with Gasteiger partial charge in [0, 0.05) is 42.5 Å². The lowest BCUT2D eigenvalue weighted by Gasteiger charge is -2.32. The second-order valence-corrected chi connectivity index (χ2v) is 6.58. The van der Waals surface area contributed by atoms with Gasteiger partial charge in [0.25, 0.3) is 0 Å². The maximum Gasteiger partial charge on any atom is 0.236 e. The van der Waals surface area contributed by atoms with E-state index in [9.17, 15) is 4.79 Å². The first kappa shape index (κ1) is 14.5. The van der Waals surface area contributed by atoms with Gasteiger partial charge < -0.3 is 15.1 Å². The summed E-state index contributed by atoms with van der Waals surface area (Å²) in [6, 6.07) is 2.20. The summed E-state index contributed by atoms with van der Waals surface area (Å²) in [4.78, 5) is 18.9. The highest BCUT2D eigenvalue weighted by atomic mass is 32.1. The maximum atomic E-state index is 12.0. The van der Waals surface area contributed by atoms with Gasteiger partial charge in [-0.25, -0.2) is 0 Å². The summed E-state index contributed by atoms with van der Waals surface area (Å²) >= 11 is 1.81. The Bertz CT molecular complexity index is 416. The molecule has 1 aromatic rings. The third-order valence-electron chi connectivity index (χ3n) is 3.65. The molecule has 1 aliphatic rings. The van der Waals surface area contributed by atoms with E-state index in [-0.39, 0.29) is 5.91 Å². The minimum absolute atomic E-state index is 0.220. The zero-order chi connectivity index (χ0) is 13.8. The molecule has 1 aliphatic heterocycles. The van der Waals surface area contributed by atoms with E-state index in [2.05, 4.69) is 37.2 Å². The van der Waals surface area contributed by atoms with Crippen molar-refractivity contribution < 1.29 is 4.79 Å². The lowest BCUT2D eigenvalue weighted by atomic mass is 10.3. The number of hydrogen-bond acceptors (Lipinski definition) is 4. The van der Waals surface area contributed by atoms with Crippen molar-refractivity contribution in [2.75, 3.05) is 39.8 Å². The number of aryl methyl sites for hydroxylation is 2. The van der Waals surface area contributed by atoms with Gasteiger partial charge in [0.05, 0.1) is 6.54 Å². The number of nitrogens with one attached hydrogen (secondary N) is 1. The average molecular weight is 281 g/mol. The maximum absolute atomic E-state index is 12.0. The molecule has 1 N–H and O–H groups in total. The molecule has 0 saturated carbocycles. The molecule has 2 heterocycles. The molecule has 1 saturated heterocycles.